The second-order valence-electron chi connectivity index (χ2n) is 5.85. The van der Waals surface area contributed by atoms with Crippen molar-refractivity contribution in [2.75, 3.05) is 26.0 Å². The molecule has 0 saturated carbocycles. The molecular formula is C18H23N3O2S. The summed E-state index contributed by atoms with van der Waals surface area (Å²) >= 11 is 1.69. The third kappa shape index (κ3) is 5.47. The maximum atomic E-state index is 12.2. The summed E-state index contributed by atoms with van der Waals surface area (Å²) in [5.41, 5.74) is 1.65. The minimum absolute atomic E-state index is 0.00863. The number of amides is 2. The van der Waals surface area contributed by atoms with Crippen LogP contribution < -0.4 is 10.6 Å². The zero-order chi connectivity index (χ0) is 17.5. The van der Waals surface area contributed by atoms with Gasteiger partial charge in [-0.15, -0.1) is 11.3 Å². The summed E-state index contributed by atoms with van der Waals surface area (Å²) in [4.78, 5) is 26.5. The topological polar surface area (TPSA) is 61.4 Å². The molecule has 5 nitrogen and oxygen atoms in total. The number of nitrogens with one attached hydrogen (secondary N) is 2. The average Bonchev–Trinajstić information content (AvgIpc) is 3.02. The van der Waals surface area contributed by atoms with Gasteiger partial charge in [0.05, 0.1) is 12.5 Å². The molecule has 0 radical (unpaired) electrons. The zero-order valence-corrected chi connectivity index (χ0v) is 15.0. The SMILES string of the molecule is CC(=O)Nc1ccc(CC(=O)NCC(c2cccs2)N(C)C)cc1. The molecule has 0 aliphatic rings. The molecule has 0 aliphatic heterocycles. The molecule has 1 aromatic carbocycles. The number of rotatable bonds is 7. The molecule has 128 valence electrons. The molecule has 2 rings (SSSR count). The van der Waals surface area contributed by atoms with Gasteiger partial charge >= 0.3 is 0 Å². The third-order valence-electron chi connectivity index (χ3n) is 3.63. The Labute approximate surface area is 146 Å². The van der Waals surface area contributed by atoms with E-state index in [1.165, 1.54) is 11.8 Å². The molecule has 1 atom stereocenters. The molecule has 0 fully saturated rings. The van der Waals surface area contributed by atoms with Crippen LogP contribution in [-0.2, 0) is 16.0 Å². The van der Waals surface area contributed by atoms with Crippen LogP contribution >= 0.6 is 11.3 Å². The molecular weight excluding hydrogens is 322 g/mol. The monoisotopic (exact) mass is 345 g/mol. The normalized spacial score (nSPS) is 12.0. The average molecular weight is 345 g/mol. The highest BCUT2D eigenvalue weighted by Crippen LogP contribution is 2.22. The van der Waals surface area contributed by atoms with Crippen molar-refractivity contribution in [2.45, 2.75) is 19.4 Å². The van der Waals surface area contributed by atoms with Crippen molar-refractivity contribution >= 4 is 28.8 Å². The van der Waals surface area contributed by atoms with E-state index in [4.69, 9.17) is 0 Å². The molecule has 0 saturated heterocycles. The fourth-order valence-electron chi connectivity index (χ4n) is 2.39. The van der Waals surface area contributed by atoms with Crippen LogP contribution in [0.5, 0.6) is 0 Å². The second-order valence-corrected chi connectivity index (χ2v) is 6.83. The van der Waals surface area contributed by atoms with Crippen LogP contribution in [0.15, 0.2) is 41.8 Å². The molecule has 1 unspecified atom stereocenters. The van der Waals surface area contributed by atoms with Gasteiger partial charge in [-0.3, -0.25) is 9.59 Å². The fraction of sp³-hybridized carbons (Fsp3) is 0.333. The predicted octanol–water partition coefficient (Wildman–Crippen LogP) is 2.67. The van der Waals surface area contributed by atoms with Gasteiger partial charge in [0.15, 0.2) is 0 Å². The van der Waals surface area contributed by atoms with Crippen molar-refractivity contribution in [2.24, 2.45) is 0 Å². The van der Waals surface area contributed by atoms with Gasteiger partial charge in [0, 0.05) is 24.0 Å². The Morgan fingerprint density at radius 3 is 2.42 bits per heavy atom. The molecule has 2 N–H and O–H groups in total. The fourth-order valence-corrected chi connectivity index (χ4v) is 3.31. The van der Waals surface area contributed by atoms with E-state index in [-0.39, 0.29) is 17.9 Å². The molecule has 1 heterocycles. The first-order chi connectivity index (χ1) is 11.5. The highest BCUT2D eigenvalue weighted by atomic mass is 32.1. The predicted molar refractivity (Wildman–Crippen MR) is 98.2 cm³/mol. The first-order valence-corrected chi connectivity index (χ1v) is 8.66. The lowest BCUT2D eigenvalue weighted by Gasteiger charge is -2.23. The molecule has 0 aliphatic carbocycles. The number of benzene rings is 1. The number of carbonyl (C=O) groups is 2. The highest BCUT2D eigenvalue weighted by molar-refractivity contribution is 7.10. The number of carbonyl (C=O) groups excluding carboxylic acids is 2. The Hall–Kier alpha value is -2.18. The van der Waals surface area contributed by atoms with Gasteiger partial charge in [0.1, 0.15) is 0 Å². The lowest BCUT2D eigenvalue weighted by atomic mass is 10.1. The maximum absolute atomic E-state index is 12.2. The number of thiophene rings is 1. The van der Waals surface area contributed by atoms with Crippen molar-refractivity contribution in [3.63, 3.8) is 0 Å². The van der Waals surface area contributed by atoms with Crippen molar-refractivity contribution < 1.29 is 9.59 Å². The standard InChI is InChI=1S/C18H23N3O2S/c1-13(22)20-15-8-6-14(7-9-15)11-18(23)19-12-16(21(2)3)17-5-4-10-24-17/h4-10,16H,11-12H2,1-3H3,(H,19,23)(H,20,22). The van der Waals surface area contributed by atoms with Crippen LogP contribution in [0, 0.1) is 0 Å². The Balaban J connectivity index is 1.87. The third-order valence-corrected chi connectivity index (χ3v) is 4.60. The van der Waals surface area contributed by atoms with Gasteiger partial charge in [-0.2, -0.15) is 0 Å². The lowest BCUT2D eigenvalue weighted by Crippen LogP contribution is -2.34. The molecule has 24 heavy (non-hydrogen) atoms. The zero-order valence-electron chi connectivity index (χ0n) is 14.2. The number of hydrogen-bond donors (Lipinski definition) is 2. The maximum Gasteiger partial charge on any atom is 0.224 e. The van der Waals surface area contributed by atoms with Crippen LogP contribution in [0.25, 0.3) is 0 Å². The molecule has 6 heteroatoms. The van der Waals surface area contributed by atoms with Crippen LogP contribution in [0.2, 0.25) is 0 Å². The van der Waals surface area contributed by atoms with Crippen LogP contribution in [-0.4, -0.2) is 37.4 Å². The lowest BCUT2D eigenvalue weighted by molar-refractivity contribution is -0.120. The van der Waals surface area contributed by atoms with E-state index in [2.05, 4.69) is 21.6 Å². The Morgan fingerprint density at radius 2 is 1.88 bits per heavy atom. The van der Waals surface area contributed by atoms with E-state index in [0.29, 0.717) is 13.0 Å². The number of likely N-dealkylation sites (N-methyl/N-ethyl adjacent to an activating group) is 1. The van der Waals surface area contributed by atoms with E-state index in [9.17, 15) is 9.59 Å². The second kappa shape index (κ2) is 8.61. The summed E-state index contributed by atoms with van der Waals surface area (Å²) in [7, 11) is 4.02. The van der Waals surface area contributed by atoms with Crippen LogP contribution in [0.3, 0.4) is 0 Å². The van der Waals surface area contributed by atoms with Crippen molar-refractivity contribution in [3.8, 4) is 0 Å². The van der Waals surface area contributed by atoms with Gasteiger partial charge in [-0.25, -0.2) is 0 Å². The molecule has 1 aromatic heterocycles. The molecule has 2 aromatic rings. The highest BCUT2D eigenvalue weighted by Gasteiger charge is 2.16. The quantitative estimate of drug-likeness (QED) is 0.811. The summed E-state index contributed by atoms with van der Waals surface area (Å²) in [6.07, 6.45) is 0.324. The van der Waals surface area contributed by atoms with Crippen molar-refractivity contribution in [1.82, 2.24) is 10.2 Å². The first kappa shape index (κ1) is 18.2. The van der Waals surface area contributed by atoms with E-state index in [0.717, 1.165) is 11.3 Å². The van der Waals surface area contributed by atoms with Gasteiger partial charge in [0.25, 0.3) is 0 Å². The van der Waals surface area contributed by atoms with Crippen molar-refractivity contribution in [1.29, 1.82) is 0 Å². The number of nitrogens with zero attached hydrogens (tertiary/aromatic N) is 1. The minimum atomic E-state index is -0.108. The van der Waals surface area contributed by atoms with Gasteiger partial charge in [-0.05, 0) is 43.2 Å². The van der Waals surface area contributed by atoms with Gasteiger partial charge < -0.3 is 15.5 Å². The summed E-state index contributed by atoms with van der Waals surface area (Å²) in [6.45, 7) is 2.05. The number of anilines is 1. The van der Waals surface area contributed by atoms with E-state index in [1.807, 2.05) is 37.7 Å². The van der Waals surface area contributed by atoms with Crippen LogP contribution in [0.1, 0.15) is 23.4 Å². The van der Waals surface area contributed by atoms with E-state index in [1.54, 1.807) is 23.5 Å². The first-order valence-electron chi connectivity index (χ1n) is 7.78. The van der Waals surface area contributed by atoms with Gasteiger partial charge in [-0.1, -0.05) is 18.2 Å². The van der Waals surface area contributed by atoms with Crippen molar-refractivity contribution in [3.05, 3.63) is 52.2 Å². The molecule has 0 bridgehead atoms. The smallest absolute Gasteiger partial charge is 0.224 e. The van der Waals surface area contributed by atoms with E-state index < -0.39 is 0 Å². The minimum Gasteiger partial charge on any atom is -0.354 e. The summed E-state index contributed by atoms with van der Waals surface area (Å²) < 4.78 is 0. The Kier molecular flexibility index (Phi) is 6.52. The largest absolute Gasteiger partial charge is 0.354 e. The van der Waals surface area contributed by atoms with Gasteiger partial charge in [0.2, 0.25) is 11.8 Å². The number of hydrogen-bond acceptors (Lipinski definition) is 4. The Bertz CT molecular complexity index is 666. The van der Waals surface area contributed by atoms with Crippen LogP contribution in [0.4, 0.5) is 5.69 Å². The summed E-state index contributed by atoms with van der Waals surface area (Å²) in [5, 5.41) is 7.76. The summed E-state index contributed by atoms with van der Waals surface area (Å²) in [5.74, 6) is -0.116. The Morgan fingerprint density at radius 1 is 1.17 bits per heavy atom. The molecule has 2 amide bonds. The summed E-state index contributed by atoms with van der Waals surface area (Å²) in [6, 6.07) is 11.6. The molecule has 0 spiro atoms. The van der Waals surface area contributed by atoms with E-state index >= 15 is 0 Å².